The Morgan fingerprint density at radius 3 is 2.25 bits per heavy atom. The van der Waals surface area contributed by atoms with E-state index in [0.29, 0.717) is 12.4 Å². The molecule has 0 unspecified atom stereocenters. The average molecular weight is 270 g/mol. The zero-order valence-corrected chi connectivity index (χ0v) is 12.1. The summed E-state index contributed by atoms with van der Waals surface area (Å²) in [5.41, 5.74) is 0. The van der Waals surface area contributed by atoms with Crippen molar-refractivity contribution in [3.63, 3.8) is 0 Å². The van der Waals surface area contributed by atoms with Crippen LogP contribution < -0.4 is 0 Å². The number of rotatable bonds is 9. The second kappa shape index (κ2) is 8.31. The maximum absolute atomic E-state index is 11.6. The summed E-state index contributed by atoms with van der Waals surface area (Å²) >= 11 is 5.58. The third-order valence-electron chi connectivity index (χ3n) is 2.65. The minimum atomic E-state index is -2.89. The lowest BCUT2D eigenvalue weighted by Crippen LogP contribution is -2.29. The summed E-state index contributed by atoms with van der Waals surface area (Å²) in [6.07, 6.45) is 3.25. The highest BCUT2D eigenvalue weighted by Crippen LogP contribution is 2.03. The lowest BCUT2D eigenvalue weighted by Gasteiger charge is -2.17. The van der Waals surface area contributed by atoms with Crippen LogP contribution in [0.3, 0.4) is 0 Å². The zero-order chi connectivity index (χ0) is 12.6. The first-order chi connectivity index (χ1) is 7.40. The van der Waals surface area contributed by atoms with Gasteiger partial charge in [-0.05, 0) is 40.3 Å². The van der Waals surface area contributed by atoms with Gasteiger partial charge in [-0.1, -0.05) is 6.42 Å². The first-order valence-electron chi connectivity index (χ1n) is 5.86. The van der Waals surface area contributed by atoms with Crippen LogP contribution in [0, 0.1) is 0 Å². The lowest BCUT2D eigenvalue weighted by molar-refractivity contribution is 0.343. The Morgan fingerprint density at radius 2 is 1.75 bits per heavy atom. The molecule has 98 valence electrons. The molecule has 0 radical (unpaired) electrons. The fourth-order valence-electron chi connectivity index (χ4n) is 1.28. The van der Waals surface area contributed by atoms with E-state index in [9.17, 15) is 8.42 Å². The van der Waals surface area contributed by atoms with Crippen molar-refractivity contribution < 1.29 is 8.42 Å². The zero-order valence-electron chi connectivity index (χ0n) is 10.6. The van der Waals surface area contributed by atoms with Crippen LogP contribution >= 0.6 is 11.6 Å². The van der Waals surface area contributed by atoms with E-state index >= 15 is 0 Å². The third-order valence-corrected chi connectivity index (χ3v) is 5.10. The number of sulfone groups is 1. The third kappa shape index (κ3) is 7.47. The summed E-state index contributed by atoms with van der Waals surface area (Å²) < 4.78 is 23.1. The van der Waals surface area contributed by atoms with Crippen LogP contribution in [-0.4, -0.2) is 50.3 Å². The predicted molar refractivity (Wildman–Crippen MR) is 71.0 cm³/mol. The van der Waals surface area contributed by atoms with Crippen LogP contribution in [0.2, 0.25) is 0 Å². The van der Waals surface area contributed by atoms with Crippen LogP contribution in [0.15, 0.2) is 0 Å². The Morgan fingerprint density at radius 1 is 1.12 bits per heavy atom. The molecule has 0 aromatic rings. The van der Waals surface area contributed by atoms with Crippen molar-refractivity contribution in [2.75, 3.05) is 31.8 Å². The molecule has 0 N–H and O–H groups in total. The highest BCUT2D eigenvalue weighted by molar-refractivity contribution is 7.92. The smallest absolute Gasteiger partial charge is 0.153 e. The predicted octanol–water partition coefficient (Wildman–Crippen LogP) is 2.15. The summed E-state index contributed by atoms with van der Waals surface area (Å²) in [4.78, 5) is 2.08. The van der Waals surface area contributed by atoms with Crippen molar-refractivity contribution >= 4 is 21.4 Å². The number of hydrogen-bond acceptors (Lipinski definition) is 3. The Kier molecular flexibility index (Phi) is 8.42. The van der Waals surface area contributed by atoms with Crippen molar-refractivity contribution in [3.8, 4) is 0 Å². The van der Waals surface area contributed by atoms with Crippen molar-refractivity contribution in [3.05, 3.63) is 0 Å². The summed E-state index contributed by atoms with van der Waals surface area (Å²) in [6, 6.07) is 0. The monoisotopic (exact) mass is 269 g/mol. The maximum atomic E-state index is 11.6. The van der Waals surface area contributed by atoms with Gasteiger partial charge >= 0.3 is 0 Å². The molecule has 0 amide bonds. The second-order valence-electron chi connectivity index (χ2n) is 4.47. The van der Waals surface area contributed by atoms with Gasteiger partial charge in [0, 0.05) is 12.4 Å². The van der Waals surface area contributed by atoms with E-state index in [1.807, 2.05) is 7.05 Å². The van der Waals surface area contributed by atoms with Crippen LogP contribution in [-0.2, 0) is 9.84 Å². The fraction of sp³-hybridized carbons (Fsp3) is 1.00. The molecule has 0 atom stereocenters. The molecule has 0 aliphatic rings. The normalized spacial score (nSPS) is 12.6. The molecule has 16 heavy (non-hydrogen) atoms. The molecule has 0 heterocycles. The van der Waals surface area contributed by atoms with Gasteiger partial charge in [-0.15, -0.1) is 11.6 Å². The number of nitrogens with zero attached hydrogens (tertiary/aromatic N) is 1. The molecule has 0 rings (SSSR count). The number of unbranched alkanes of at least 4 members (excludes halogenated alkanes) is 2. The highest BCUT2D eigenvalue weighted by atomic mass is 35.5. The topological polar surface area (TPSA) is 37.4 Å². The van der Waals surface area contributed by atoms with E-state index in [-0.39, 0.29) is 11.0 Å². The summed E-state index contributed by atoms with van der Waals surface area (Å²) in [7, 11) is -0.923. The van der Waals surface area contributed by atoms with E-state index in [1.54, 1.807) is 13.8 Å². The second-order valence-corrected chi connectivity index (χ2v) is 7.52. The van der Waals surface area contributed by atoms with Gasteiger partial charge in [-0.25, -0.2) is 8.42 Å². The van der Waals surface area contributed by atoms with Gasteiger partial charge in [0.05, 0.1) is 11.0 Å². The molecule has 0 fully saturated rings. The molecule has 0 aliphatic heterocycles. The highest BCUT2D eigenvalue weighted by Gasteiger charge is 2.16. The average Bonchev–Trinajstić information content (AvgIpc) is 2.21. The Balaban J connectivity index is 3.69. The molecule has 0 saturated heterocycles. The van der Waals surface area contributed by atoms with E-state index < -0.39 is 9.84 Å². The first-order valence-corrected chi connectivity index (χ1v) is 8.11. The summed E-state index contributed by atoms with van der Waals surface area (Å²) in [5.74, 6) is 0.974. The molecule has 0 aromatic heterocycles. The molecule has 0 saturated carbocycles. The SMILES string of the molecule is CC(C)S(=O)(=O)CCN(C)CCCCCCl. The molecule has 0 aliphatic carbocycles. The quantitative estimate of drug-likeness (QED) is 0.475. The Bertz CT molecular complexity index is 265. The minimum Gasteiger partial charge on any atom is -0.305 e. The first kappa shape index (κ1) is 16.2. The Hall–Kier alpha value is 0.200. The largest absolute Gasteiger partial charge is 0.305 e. The van der Waals surface area contributed by atoms with Crippen LogP contribution in [0.1, 0.15) is 33.1 Å². The molecule has 3 nitrogen and oxygen atoms in total. The molecule has 0 bridgehead atoms. The van der Waals surface area contributed by atoms with Crippen molar-refractivity contribution in [1.82, 2.24) is 4.90 Å². The fourth-order valence-corrected chi connectivity index (χ4v) is 2.51. The van der Waals surface area contributed by atoms with Gasteiger partial charge in [0.15, 0.2) is 9.84 Å². The maximum Gasteiger partial charge on any atom is 0.153 e. The summed E-state index contributed by atoms with van der Waals surface area (Å²) in [5, 5.41) is -0.267. The van der Waals surface area contributed by atoms with Gasteiger partial charge < -0.3 is 4.90 Å². The van der Waals surface area contributed by atoms with Gasteiger partial charge in [-0.3, -0.25) is 0 Å². The molecule has 0 aromatic carbocycles. The molecular formula is C11H24ClNO2S. The molecular weight excluding hydrogens is 246 g/mol. The van der Waals surface area contributed by atoms with Gasteiger partial charge in [0.25, 0.3) is 0 Å². The van der Waals surface area contributed by atoms with Gasteiger partial charge in [0.1, 0.15) is 0 Å². The number of hydrogen-bond donors (Lipinski definition) is 0. The summed E-state index contributed by atoms with van der Waals surface area (Å²) in [6.45, 7) is 5.04. The van der Waals surface area contributed by atoms with E-state index in [0.717, 1.165) is 25.8 Å². The molecule has 5 heteroatoms. The Labute approximate surface area is 105 Å². The van der Waals surface area contributed by atoms with Crippen LogP contribution in [0.5, 0.6) is 0 Å². The van der Waals surface area contributed by atoms with Gasteiger partial charge in [-0.2, -0.15) is 0 Å². The van der Waals surface area contributed by atoms with Crippen LogP contribution in [0.4, 0.5) is 0 Å². The van der Waals surface area contributed by atoms with E-state index in [1.165, 1.54) is 0 Å². The lowest BCUT2D eigenvalue weighted by atomic mass is 10.2. The van der Waals surface area contributed by atoms with Crippen molar-refractivity contribution in [1.29, 1.82) is 0 Å². The van der Waals surface area contributed by atoms with Crippen molar-refractivity contribution in [2.24, 2.45) is 0 Å². The minimum absolute atomic E-state index is 0.261. The molecule has 0 spiro atoms. The van der Waals surface area contributed by atoms with Crippen molar-refractivity contribution in [2.45, 2.75) is 38.4 Å². The van der Waals surface area contributed by atoms with Crippen LogP contribution in [0.25, 0.3) is 0 Å². The number of halogens is 1. The van der Waals surface area contributed by atoms with Gasteiger partial charge in [0.2, 0.25) is 0 Å². The standard InChI is InChI=1S/C11H24ClNO2S/c1-11(2)16(14,15)10-9-13(3)8-6-4-5-7-12/h11H,4-10H2,1-3H3. The number of alkyl halides is 1. The van der Waals surface area contributed by atoms with E-state index in [2.05, 4.69) is 4.90 Å². The van der Waals surface area contributed by atoms with E-state index in [4.69, 9.17) is 11.6 Å².